The Bertz CT molecular complexity index is 537. The maximum Gasteiger partial charge on any atom is 0.251 e. The fourth-order valence-electron chi connectivity index (χ4n) is 2.00. The Hall–Kier alpha value is -2.13. The van der Waals surface area contributed by atoms with Gasteiger partial charge in [0.05, 0.1) is 0 Å². The minimum atomic E-state index is -0.0363. The van der Waals surface area contributed by atoms with Gasteiger partial charge in [-0.05, 0) is 29.7 Å². The van der Waals surface area contributed by atoms with Gasteiger partial charge >= 0.3 is 0 Å². The number of nitrogens with two attached hydrogens (primary N) is 1. The Morgan fingerprint density at radius 1 is 0.947 bits per heavy atom. The highest BCUT2D eigenvalue weighted by atomic mass is 16.1. The second kappa shape index (κ2) is 6.71. The van der Waals surface area contributed by atoms with Crippen molar-refractivity contribution in [1.82, 2.24) is 5.32 Å². The number of hydrogen-bond donors (Lipinski definition) is 2. The van der Waals surface area contributed by atoms with Crippen molar-refractivity contribution in [1.29, 1.82) is 0 Å². The molecule has 3 nitrogen and oxygen atoms in total. The van der Waals surface area contributed by atoms with Gasteiger partial charge in [0.1, 0.15) is 0 Å². The quantitative estimate of drug-likeness (QED) is 0.858. The number of rotatable bonds is 5. The number of nitrogens with one attached hydrogen (secondary N) is 1. The Morgan fingerprint density at radius 2 is 1.58 bits per heavy atom. The summed E-state index contributed by atoms with van der Waals surface area (Å²) in [5.74, 6) is -0.0363. The topological polar surface area (TPSA) is 55.1 Å². The van der Waals surface area contributed by atoms with E-state index in [0.29, 0.717) is 18.7 Å². The van der Waals surface area contributed by atoms with E-state index in [1.165, 1.54) is 5.56 Å². The Balaban J connectivity index is 1.88. The Kier molecular flexibility index (Phi) is 4.70. The molecule has 0 saturated heterocycles. The first-order valence-corrected chi connectivity index (χ1v) is 6.41. The van der Waals surface area contributed by atoms with Crippen molar-refractivity contribution < 1.29 is 4.79 Å². The third-order valence-corrected chi connectivity index (χ3v) is 3.05. The zero-order valence-electron chi connectivity index (χ0n) is 10.8. The molecule has 0 unspecified atom stereocenters. The van der Waals surface area contributed by atoms with E-state index in [0.717, 1.165) is 12.0 Å². The van der Waals surface area contributed by atoms with E-state index in [1.807, 2.05) is 48.5 Å². The SMILES string of the molecule is NCc1ccccc1CCNC(=O)c1ccccc1. The van der Waals surface area contributed by atoms with Crippen molar-refractivity contribution in [3.05, 3.63) is 71.3 Å². The highest BCUT2D eigenvalue weighted by molar-refractivity contribution is 5.94. The molecule has 0 bridgehead atoms. The lowest BCUT2D eigenvalue weighted by atomic mass is 10.0. The van der Waals surface area contributed by atoms with E-state index in [1.54, 1.807) is 0 Å². The number of amides is 1. The molecular weight excluding hydrogens is 236 g/mol. The standard InChI is InChI=1S/C16H18N2O/c17-12-15-9-5-4-6-13(15)10-11-18-16(19)14-7-2-1-3-8-14/h1-9H,10-12,17H2,(H,18,19). The fourth-order valence-corrected chi connectivity index (χ4v) is 2.00. The Labute approximate surface area is 113 Å². The van der Waals surface area contributed by atoms with Gasteiger partial charge in [-0.2, -0.15) is 0 Å². The molecule has 2 aromatic carbocycles. The van der Waals surface area contributed by atoms with Crippen LogP contribution in [0.3, 0.4) is 0 Å². The maximum atomic E-state index is 11.9. The van der Waals surface area contributed by atoms with E-state index in [4.69, 9.17) is 5.73 Å². The average Bonchev–Trinajstić information content (AvgIpc) is 2.48. The summed E-state index contributed by atoms with van der Waals surface area (Å²) in [6.45, 7) is 1.15. The minimum absolute atomic E-state index is 0.0363. The number of carbonyl (C=O) groups is 1. The van der Waals surface area contributed by atoms with Crippen LogP contribution in [0.25, 0.3) is 0 Å². The van der Waals surface area contributed by atoms with Crippen LogP contribution in [-0.4, -0.2) is 12.5 Å². The van der Waals surface area contributed by atoms with Crippen molar-refractivity contribution in [3.8, 4) is 0 Å². The van der Waals surface area contributed by atoms with Crippen molar-refractivity contribution in [2.24, 2.45) is 5.73 Å². The molecule has 0 aliphatic carbocycles. The van der Waals surface area contributed by atoms with Crippen LogP contribution >= 0.6 is 0 Å². The molecule has 0 aliphatic rings. The summed E-state index contributed by atoms with van der Waals surface area (Å²) in [4.78, 5) is 11.9. The summed E-state index contributed by atoms with van der Waals surface area (Å²) in [7, 11) is 0. The molecule has 98 valence electrons. The molecule has 2 rings (SSSR count). The molecule has 0 fully saturated rings. The van der Waals surface area contributed by atoms with Crippen LogP contribution in [0.4, 0.5) is 0 Å². The zero-order chi connectivity index (χ0) is 13.5. The minimum Gasteiger partial charge on any atom is -0.352 e. The summed E-state index contributed by atoms with van der Waals surface area (Å²) >= 11 is 0. The first-order chi connectivity index (χ1) is 9.31. The molecule has 0 aliphatic heterocycles. The van der Waals surface area contributed by atoms with Gasteiger partial charge < -0.3 is 11.1 Å². The molecule has 1 amide bonds. The molecular formula is C16H18N2O. The molecule has 2 aromatic rings. The smallest absolute Gasteiger partial charge is 0.251 e. The predicted octanol–water partition coefficient (Wildman–Crippen LogP) is 2.12. The molecule has 0 heterocycles. The Morgan fingerprint density at radius 3 is 2.26 bits per heavy atom. The number of benzene rings is 2. The van der Waals surface area contributed by atoms with Crippen molar-refractivity contribution in [2.75, 3.05) is 6.54 Å². The fraction of sp³-hybridized carbons (Fsp3) is 0.188. The molecule has 0 atom stereocenters. The summed E-state index contributed by atoms with van der Waals surface area (Å²) in [6, 6.07) is 17.3. The average molecular weight is 254 g/mol. The van der Waals surface area contributed by atoms with E-state index < -0.39 is 0 Å². The van der Waals surface area contributed by atoms with Gasteiger partial charge in [0, 0.05) is 18.7 Å². The van der Waals surface area contributed by atoms with Crippen molar-refractivity contribution in [2.45, 2.75) is 13.0 Å². The normalized spacial score (nSPS) is 10.2. The lowest BCUT2D eigenvalue weighted by Crippen LogP contribution is -2.25. The highest BCUT2D eigenvalue weighted by Gasteiger charge is 2.04. The summed E-state index contributed by atoms with van der Waals surface area (Å²) in [6.07, 6.45) is 0.798. The van der Waals surface area contributed by atoms with E-state index >= 15 is 0 Å². The van der Waals surface area contributed by atoms with Gasteiger partial charge in [-0.25, -0.2) is 0 Å². The van der Waals surface area contributed by atoms with Crippen LogP contribution in [0.15, 0.2) is 54.6 Å². The van der Waals surface area contributed by atoms with Crippen molar-refractivity contribution >= 4 is 5.91 Å². The first kappa shape index (κ1) is 13.3. The number of hydrogen-bond acceptors (Lipinski definition) is 2. The van der Waals surface area contributed by atoms with Gasteiger partial charge in [-0.1, -0.05) is 42.5 Å². The predicted molar refractivity (Wildman–Crippen MR) is 76.8 cm³/mol. The van der Waals surface area contributed by atoms with Gasteiger partial charge in [0.25, 0.3) is 5.91 Å². The van der Waals surface area contributed by atoms with Gasteiger partial charge in [0.2, 0.25) is 0 Å². The van der Waals surface area contributed by atoms with E-state index in [-0.39, 0.29) is 5.91 Å². The van der Waals surface area contributed by atoms with E-state index in [2.05, 4.69) is 11.4 Å². The van der Waals surface area contributed by atoms with Crippen LogP contribution in [0.1, 0.15) is 21.5 Å². The van der Waals surface area contributed by atoms with Gasteiger partial charge in [-0.3, -0.25) is 4.79 Å². The molecule has 19 heavy (non-hydrogen) atoms. The lowest BCUT2D eigenvalue weighted by molar-refractivity contribution is 0.0954. The lowest BCUT2D eigenvalue weighted by Gasteiger charge is -2.08. The number of carbonyl (C=O) groups excluding carboxylic acids is 1. The summed E-state index contributed by atoms with van der Waals surface area (Å²) in [5.41, 5.74) is 8.70. The molecule has 0 radical (unpaired) electrons. The third kappa shape index (κ3) is 3.66. The van der Waals surface area contributed by atoms with Crippen molar-refractivity contribution in [3.63, 3.8) is 0 Å². The third-order valence-electron chi connectivity index (χ3n) is 3.05. The zero-order valence-corrected chi connectivity index (χ0v) is 10.8. The van der Waals surface area contributed by atoms with Crippen LogP contribution < -0.4 is 11.1 Å². The largest absolute Gasteiger partial charge is 0.352 e. The summed E-state index contributed by atoms with van der Waals surface area (Å²) in [5, 5.41) is 2.92. The van der Waals surface area contributed by atoms with Crippen LogP contribution in [0.2, 0.25) is 0 Å². The van der Waals surface area contributed by atoms with Crippen LogP contribution in [0, 0.1) is 0 Å². The molecule has 0 saturated carbocycles. The maximum absolute atomic E-state index is 11.9. The highest BCUT2D eigenvalue weighted by Crippen LogP contribution is 2.08. The molecule has 3 heteroatoms. The second-order valence-corrected chi connectivity index (χ2v) is 4.34. The second-order valence-electron chi connectivity index (χ2n) is 4.34. The molecule has 3 N–H and O–H groups in total. The first-order valence-electron chi connectivity index (χ1n) is 6.41. The molecule has 0 spiro atoms. The molecule has 0 aromatic heterocycles. The van der Waals surface area contributed by atoms with E-state index in [9.17, 15) is 4.79 Å². The van der Waals surface area contributed by atoms with Gasteiger partial charge in [-0.15, -0.1) is 0 Å². The monoisotopic (exact) mass is 254 g/mol. The van der Waals surface area contributed by atoms with Gasteiger partial charge in [0.15, 0.2) is 0 Å². The summed E-state index contributed by atoms with van der Waals surface area (Å²) < 4.78 is 0. The van der Waals surface area contributed by atoms with Crippen LogP contribution in [0.5, 0.6) is 0 Å². The van der Waals surface area contributed by atoms with Crippen LogP contribution in [-0.2, 0) is 13.0 Å².